The molecule has 5 rings (SSSR count). The van der Waals surface area contributed by atoms with Crippen LogP contribution >= 0.6 is 11.6 Å². The Balaban J connectivity index is 1.53. The molecule has 0 spiro atoms. The van der Waals surface area contributed by atoms with E-state index in [1.807, 2.05) is 54.6 Å². The molecule has 1 aliphatic rings. The van der Waals surface area contributed by atoms with E-state index in [1.54, 1.807) is 17.0 Å². The highest BCUT2D eigenvalue weighted by molar-refractivity contribution is 6.30. The summed E-state index contributed by atoms with van der Waals surface area (Å²) in [6.45, 7) is 0.572. The highest BCUT2D eigenvalue weighted by Gasteiger charge is 2.28. The SMILES string of the molecule is O=C1c2ccccc2CN1c1ccc2oc(-c3ccc(Cl)cc3)nc2c1. The van der Waals surface area contributed by atoms with Gasteiger partial charge in [-0.3, -0.25) is 4.79 Å². The van der Waals surface area contributed by atoms with E-state index in [4.69, 9.17) is 16.0 Å². The standard InChI is InChI=1S/C21H13ClN2O2/c22-15-7-5-13(6-8-15)20-23-18-11-16(9-10-19(18)26-20)24-12-14-3-1-2-4-17(14)21(24)25/h1-11H,12H2. The Morgan fingerprint density at radius 1 is 1.00 bits per heavy atom. The lowest BCUT2D eigenvalue weighted by Crippen LogP contribution is -2.22. The van der Waals surface area contributed by atoms with Gasteiger partial charge in [0.15, 0.2) is 5.58 Å². The van der Waals surface area contributed by atoms with Crippen molar-refractivity contribution in [3.63, 3.8) is 0 Å². The van der Waals surface area contributed by atoms with E-state index < -0.39 is 0 Å². The summed E-state index contributed by atoms with van der Waals surface area (Å²) in [5.74, 6) is 0.547. The number of carbonyl (C=O) groups excluding carboxylic acids is 1. The first-order valence-electron chi connectivity index (χ1n) is 8.25. The molecule has 0 fully saturated rings. The molecule has 4 nitrogen and oxygen atoms in total. The van der Waals surface area contributed by atoms with Crippen molar-refractivity contribution in [1.82, 2.24) is 4.98 Å². The number of carbonyl (C=O) groups is 1. The molecule has 126 valence electrons. The predicted molar refractivity (Wildman–Crippen MR) is 101 cm³/mol. The van der Waals surface area contributed by atoms with Crippen LogP contribution in [0.3, 0.4) is 0 Å². The van der Waals surface area contributed by atoms with Crippen LogP contribution in [-0.4, -0.2) is 10.9 Å². The summed E-state index contributed by atoms with van der Waals surface area (Å²) < 4.78 is 5.84. The molecule has 0 unspecified atom stereocenters. The van der Waals surface area contributed by atoms with Gasteiger partial charge >= 0.3 is 0 Å². The van der Waals surface area contributed by atoms with Crippen LogP contribution in [0.1, 0.15) is 15.9 Å². The topological polar surface area (TPSA) is 46.3 Å². The fraction of sp³-hybridized carbons (Fsp3) is 0.0476. The maximum atomic E-state index is 12.7. The number of nitrogens with zero attached hydrogens (tertiary/aromatic N) is 2. The lowest BCUT2D eigenvalue weighted by atomic mass is 10.1. The number of oxazole rings is 1. The number of aromatic nitrogens is 1. The van der Waals surface area contributed by atoms with Crippen LogP contribution in [0.2, 0.25) is 5.02 Å². The summed E-state index contributed by atoms with van der Waals surface area (Å²) in [5.41, 5.74) is 4.87. The lowest BCUT2D eigenvalue weighted by Gasteiger charge is -2.15. The van der Waals surface area contributed by atoms with Crippen molar-refractivity contribution in [2.75, 3.05) is 4.90 Å². The smallest absolute Gasteiger partial charge is 0.258 e. The third kappa shape index (κ3) is 2.38. The number of anilines is 1. The molecular weight excluding hydrogens is 348 g/mol. The summed E-state index contributed by atoms with van der Waals surface area (Å²) in [4.78, 5) is 19.0. The zero-order valence-electron chi connectivity index (χ0n) is 13.6. The molecule has 0 atom stereocenters. The summed E-state index contributed by atoms with van der Waals surface area (Å²) in [6, 6.07) is 20.7. The number of hydrogen-bond acceptors (Lipinski definition) is 3. The maximum absolute atomic E-state index is 12.7. The minimum atomic E-state index is 0.0152. The van der Waals surface area contributed by atoms with E-state index in [0.29, 0.717) is 23.0 Å². The molecule has 0 saturated heterocycles. The number of amides is 1. The molecule has 1 amide bonds. The first-order valence-corrected chi connectivity index (χ1v) is 8.63. The Hall–Kier alpha value is -3.11. The Morgan fingerprint density at radius 2 is 1.81 bits per heavy atom. The van der Waals surface area contributed by atoms with Crippen molar-refractivity contribution in [2.24, 2.45) is 0 Å². The summed E-state index contributed by atoms with van der Waals surface area (Å²) in [6.07, 6.45) is 0. The van der Waals surface area contributed by atoms with E-state index in [-0.39, 0.29) is 5.91 Å². The molecule has 3 aromatic carbocycles. The molecule has 26 heavy (non-hydrogen) atoms. The van der Waals surface area contributed by atoms with Gasteiger partial charge in [0.05, 0.1) is 6.54 Å². The van der Waals surface area contributed by atoms with E-state index >= 15 is 0 Å². The summed E-state index contributed by atoms with van der Waals surface area (Å²) >= 11 is 5.93. The molecule has 5 heteroatoms. The monoisotopic (exact) mass is 360 g/mol. The molecule has 0 N–H and O–H groups in total. The Labute approximate surface area is 154 Å². The molecule has 0 radical (unpaired) electrons. The maximum Gasteiger partial charge on any atom is 0.258 e. The molecule has 1 aliphatic heterocycles. The van der Waals surface area contributed by atoms with Crippen LogP contribution in [0, 0.1) is 0 Å². The lowest BCUT2D eigenvalue weighted by molar-refractivity contribution is 0.0996. The van der Waals surface area contributed by atoms with Gasteiger partial charge in [0.1, 0.15) is 5.52 Å². The number of hydrogen-bond donors (Lipinski definition) is 0. The minimum absolute atomic E-state index is 0.0152. The van der Waals surface area contributed by atoms with Gasteiger partial charge < -0.3 is 9.32 Å². The van der Waals surface area contributed by atoms with Crippen molar-refractivity contribution < 1.29 is 9.21 Å². The van der Waals surface area contributed by atoms with Crippen molar-refractivity contribution >= 4 is 34.3 Å². The van der Waals surface area contributed by atoms with Crippen LogP contribution in [0.5, 0.6) is 0 Å². The molecule has 1 aromatic heterocycles. The predicted octanol–water partition coefficient (Wildman–Crippen LogP) is 5.31. The van der Waals surface area contributed by atoms with Crippen molar-refractivity contribution in [2.45, 2.75) is 6.54 Å². The van der Waals surface area contributed by atoms with Gasteiger partial charge in [0.25, 0.3) is 5.91 Å². The second-order valence-electron chi connectivity index (χ2n) is 6.23. The third-order valence-electron chi connectivity index (χ3n) is 4.60. The molecule has 0 saturated carbocycles. The van der Waals surface area contributed by atoms with Crippen molar-refractivity contribution in [3.05, 3.63) is 82.9 Å². The average Bonchev–Trinajstić information content (AvgIpc) is 3.23. The van der Waals surface area contributed by atoms with Gasteiger partial charge in [-0.05, 0) is 54.1 Å². The number of rotatable bonds is 2. The molecule has 0 bridgehead atoms. The molecule has 2 heterocycles. The normalized spacial score (nSPS) is 13.4. The number of halogens is 1. The number of benzene rings is 3. The fourth-order valence-corrected chi connectivity index (χ4v) is 3.39. The Bertz CT molecular complexity index is 1150. The molecule has 0 aliphatic carbocycles. The van der Waals surface area contributed by atoms with Crippen LogP contribution in [0.4, 0.5) is 5.69 Å². The van der Waals surface area contributed by atoms with Crippen LogP contribution in [0.15, 0.2) is 71.1 Å². The quantitative estimate of drug-likeness (QED) is 0.486. The highest BCUT2D eigenvalue weighted by Crippen LogP contribution is 2.32. The highest BCUT2D eigenvalue weighted by atomic mass is 35.5. The largest absolute Gasteiger partial charge is 0.436 e. The molecular formula is C21H13ClN2O2. The second kappa shape index (κ2) is 5.71. The first kappa shape index (κ1) is 15.2. The summed E-state index contributed by atoms with van der Waals surface area (Å²) in [5, 5.41) is 0.666. The first-order chi connectivity index (χ1) is 12.7. The van der Waals surface area contributed by atoms with Crippen LogP contribution < -0.4 is 4.90 Å². The van der Waals surface area contributed by atoms with Gasteiger partial charge in [0.2, 0.25) is 5.89 Å². The Morgan fingerprint density at radius 3 is 2.62 bits per heavy atom. The zero-order valence-corrected chi connectivity index (χ0v) is 14.4. The van der Waals surface area contributed by atoms with Gasteiger partial charge in [-0.25, -0.2) is 4.98 Å². The van der Waals surface area contributed by atoms with Crippen molar-refractivity contribution in [1.29, 1.82) is 0 Å². The third-order valence-corrected chi connectivity index (χ3v) is 4.85. The summed E-state index contributed by atoms with van der Waals surface area (Å²) in [7, 11) is 0. The minimum Gasteiger partial charge on any atom is -0.436 e. The van der Waals surface area contributed by atoms with E-state index in [0.717, 1.165) is 27.9 Å². The molecule has 4 aromatic rings. The number of fused-ring (bicyclic) bond motifs is 2. The second-order valence-corrected chi connectivity index (χ2v) is 6.66. The van der Waals surface area contributed by atoms with E-state index in [9.17, 15) is 4.79 Å². The van der Waals surface area contributed by atoms with Crippen LogP contribution in [-0.2, 0) is 6.54 Å². The van der Waals surface area contributed by atoms with Gasteiger partial charge in [-0.15, -0.1) is 0 Å². The average molecular weight is 361 g/mol. The van der Waals surface area contributed by atoms with Gasteiger partial charge in [-0.1, -0.05) is 29.8 Å². The fourth-order valence-electron chi connectivity index (χ4n) is 3.26. The zero-order chi connectivity index (χ0) is 17.7. The van der Waals surface area contributed by atoms with E-state index in [2.05, 4.69) is 4.98 Å². The Kier molecular flexibility index (Phi) is 3.33. The van der Waals surface area contributed by atoms with Gasteiger partial charge in [-0.2, -0.15) is 0 Å². The van der Waals surface area contributed by atoms with E-state index in [1.165, 1.54) is 0 Å². The van der Waals surface area contributed by atoms with Crippen LogP contribution in [0.25, 0.3) is 22.6 Å². The van der Waals surface area contributed by atoms with Crippen molar-refractivity contribution in [3.8, 4) is 11.5 Å². The van der Waals surface area contributed by atoms with Gasteiger partial charge in [0, 0.05) is 21.8 Å².